The summed E-state index contributed by atoms with van der Waals surface area (Å²) < 4.78 is 5.83. The molecule has 17 heavy (non-hydrogen) atoms. The van der Waals surface area contributed by atoms with Gasteiger partial charge in [0.05, 0.1) is 12.7 Å². The molecule has 1 rings (SSSR count). The Morgan fingerprint density at radius 3 is 2.82 bits per heavy atom. The Kier molecular flexibility index (Phi) is 5.17. The Morgan fingerprint density at radius 1 is 1.59 bits per heavy atom. The molecular formula is C13H14BrNO2. The molecule has 2 atom stereocenters. The van der Waals surface area contributed by atoms with Crippen LogP contribution < -0.4 is 0 Å². The van der Waals surface area contributed by atoms with Gasteiger partial charge in [-0.25, -0.2) is 0 Å². The lowest BCUT2D eigenvalue weighted by Crippen LogP contribution is -2.21. The lowest BCUT2D eigenvalue weighted by Gasteiger charge is -2.16. The van der Waals surface area contributed by atoms with Crippen molar-refractivity contribution in [1.82, 2.24) is 0 Å². The number of carbonyl (C=O) groups excluding carboxylic acids is 1. The van der Waals surface area contributed by atoms with Crippen molar-refractivity contribution in [2.75, 3.05) is 6.61 Å². The van der Waals surface area contributed by atoms with Gasteiger partial charge in [0, 0.05) is 10.4 Å². The van der Waals surface area contributed by atoms with Gasteiger partial charge in [-0.15, -0.1) is 0 Å². The summed E-state index contributed by atoms with van der Waals surface area (Å²) >= 11 is 3.37. The van der Waals surface area contributed by atoms with Gasteiger partial charge >= 0.3 is 5.97 Å². The molecule has 0 bridgehead atoms. The highest BCUT2D eigenvalue weighted by molar-refractivity contribution is 9.10. The van der Waals surface area contributed by atoms with Crippen LogP contribution in [0.1, 0.15) is 25.3 Å². The Balaban J connectivity index is 2.90. The van der Waals surface area contributed by atoms with E-state index in [1.54, 1.807) is 6.92 Å². The Hall–Kier alpha value is -1.34. The zero-order valence-corrected chi connectivity index (χ0v) is 11.4. The van der Waals surface area contributed by atoms with E-state index >= 15 is 0 Å². The number of rotatable bonds is 4. The molecule has 0 radical (unpaired) electrons. The van der Waals surface area contributed by atoms with E-state index in [1.165, 1.54) is 0 Å². The Bertz CT molecular complexity index is 439. The molecule has 90 valence electrons. The number of nitrogens with zero attached hydrogens (tertiary/aromatic N) is 1. The van der Waals surface area contributed by atoms with E-state index in [-0.39, 0.29) is 5.92 Å². The number of hydrogen-bond donors (Lipinski definition) is 0. The van der Waals surface area contributed by atoms with Gasteiger partial charge in [-0.3, -0.25) is 4.79 Å². The number of halogens is 1. The summed E-state index contributed by atoms with van der Waals surface area (Å²) in [4.78, 5) is 11.6. The van der Waals surface area contributed by atoms with Crippen LogP contribution in [0.15, 0.2) is 28.7 Å². The highest BCUT2D eigenvalue weighted by atomic mass is 79.9. The van der Waals surface area contributed by atoms with Gasteiger partial charge in [-0.05, 0) is 24.6 Å². The fraction of sp³-hybridized carbons (Fsp3) is 0.385. The first-order valence-corrected chi connectivity index (χ1v) is 6.21. The third kappa shape index (κ3) is 3.57. The minimum atomic E-state index is -0.760. The first-order valence-electron chi connectivity index (χ1n) is 5.41. The molecule has 4 heteroatoms. The average Bonchev–Trinajstić information content (AvgIpc) is 2.30. The molecule has 0 fully saturated rings. The molecule has 0 aliphatic heterocycles. The summed E-state index contributed by atoms with van der Waals surface area (Å²) in [5.74, 6) is -1.40. The van der Waals surface area contributed by atoms with E-state index in [4.69, 9.17) is 10.00 Å². The number of carbonyl (C=O) groups is 1. The molecule has 2 unspecified atom stereocenters. The molecule has 0 aliphatic rings. The maximum Gasteiger partial charge on any atom is 0.323 e. The van der Waals surface area contributed by atoms with Crippen LogP contribution in [0.3, 0.4) is 0 Å². The molecule has 0 heterocycles. The molecule has 1 aromatic rings. The highest BCUT2D eigenvalue weighted by Crippen LogP contribution is 2.27. The first kappa shape index (κ1) is 13.7. The summed E-state index contributed by atoms with van der Waals surface area (Å²) in [5, 5.41) is 9.06. The van der Waals surface area contributed by atoms with E-state index in [9.17, 15) is 4.79 Å². The lowest BCUT2D eigenvalue weighted by molar-refractivity contribution is -0.146. The van der Waals surface area contributed by atoms with E-state index in [2.05, 4.69) is 15.9 Å². The topological polar surface area (TPSA) is 50.1 Å². The summed E-state index contributed by atoms with van der Waals surface area (Å²) in [6, 6.07) is 9.62. The van der Waals surface area contributed by atoms with Gasteiger partial charge in [-0.2, -0.15) is 5.26 Å². The second-order valence-corrected chi connectivity index (χ2v) is 4.62. The van der Waals surface area contributed by atoms with Gasteiger partial charge < -0.3 is 4.74 Å². The Labute approximate surface area is 110 Å². The molecule has 0 spiro atoms. The van der Waals surface area contributed by atoms with Crippen LogP contribution in [-0.2, 0) is 9.53 Å². The maximum atomic E-state index is 11.6. The van der Waals surface area contributed by atoms with Crippen molar-refractivity contribution in [3.05, 3.63) is 34.3 Å². The maximum absolute atomic E-state index is 11.6. The molecule has 0 saturated heterocycles. The van der Waals surface area contributed by atoms with Crippen LogP contribution in [0.4, 0.5) is 0 Å². The molecule has 0 saturated carbocycles. The molecule has 0 aromatic heterocycles. The van der Waals surface area contributed by atoms with Crippen molar-refractivity contribution in [1.29, 1.82) is 5.26 Å². The summed E-state index contributed by atoms with van der Waals surface area (Å²) in [5.41, 5.74) is 0.943. The first-order chi connectivity index (χ1) is 8.10. The van der Waals surface area contributed by atoms with Gasteiger partial charge in [0.1, 0.15) is 0 Å². The van der Waals surface area contributed by atoms with Crippen molar-refractivity contribution in [2.24, 2.45) is 5.92 Å². The fourth-order valence-electron chi connectivity index (χ4n) is 1.58. The lowest BCUT2D eigenvalue weighted by atomic mass is 9.89. The summed E-state index contributed by atoms with van der Waals surface area (Å²) in [7, 11) is 0. The minimum Gasteiger partial charge on any atom is -0.465 e. The standard InChI is InChI=1S/C13H14BrNO2/c1-3-17-13(16)12(8-15)9(2)10-5-4-6-11(14)7-10/h4-7,9,12H,3H2,1-2H3. The zero-order valence-electron chi connectivity index (χ0n) is 9.81. The summed E-state index contributed by atoms with van der Waals surface area (Å²) in [6.45, 7) is 3.88. The molecule has 3 nitrogen and oxygen atoms in total. The summed E-state index contributed by atoms with van der Waals surface area (Å²) in [6.07, 6.45) is 0. The molecule has 0 N–H and O–H groups in total. The number of nitriles is 1. The van der Waals surface area contributed by atoms with E-state index in [0.717, 1.165) is 10.0 Å². The predicted molar refractivity (Wildman–Crippen MR) is 68.3 cm³/mol. The van der Waals surface area contributed by atoms with Gasteiger partial charge in [0.25, 0.3) is 0 Å². The van der Waals surface area contributed by atoms with Crippen LogP contribution in [0, 0.1) is 17.2 Å². The van der Waals surface area contributed by atoms with E-state index < -0.39 is 11.9 Å². The third-order valence-electron chi connectivity index (χ3n) is 2.55. The quantitative estimate of drug-likeness (QED) is 0.801. The average molecular weight is 296 g/mol. The number of benzene rings is 1. The smallest absolute Gasteiger partial charge is 0.323 e. The van der Waals surface area contributed by atoms with Gasteiger partial charge in [0.2, 0.25) is 0 Å². The van der Waals surface area contributed by atoms with Crippen molar-refractivity contribution < 1.29 is 9.53 Å². The molecule has 0 aliphatic carbocycles. The van der Waals surface area contributed by atoms with Crippen molar-refractivity contribution in [2.45, 2.75) is 19.8 Å². The van der Waals surface area contributed by atoms with Gasteiger partial charge in [-0.1, -0.05) is 35.0 Å². The van der Waals surface area contributed by atoms with Crippen molar-refractivity contribution >= 4 is 21.9 Å². The highest BCUT2D eigenvalue weighted by Gasteiger charge is 2.27. The predicted octanol–water partition coefficient (Wildman–Crippen LogP) is 3.26. The van der Waals surface area contributed by atoms with Crippen molar-refractivity contribution in [3.8, 4) is 6.07 Å². The van der Waals surface area contributed by atoms with Crippen LogP contribution >= 0.6 is 15.9 Å². The largest absolute Gasteiger partial charge is 0.465 e. The minimum absolute atomic E-state index is 0.184. The number of ether oxygens (including phenoxy) is 1. The van der Waals surface area contributed by atoms with Crippen LogP contribution in [0.5, 0.6) is 0 Å². The number of esters is 1. The SMILES string of the molecule is CCOC(=O)C(C#N)C(C)c1cccc(Br)c1. The van der Waals surface area contributed by atoms with E-state index in [1.807, 2.05) is 37.3 Å². The monoisotopic (exact) mass is 295 g/mol. The van der Waals surface area contributed by atoms with Crippen LogP contribution in [0.25, 0.3) is 0 Å². The van der Waals surface area contributed by atoms with E-state index in [0.29, 0.717) is 6.61 Å². The zero-order chi connectivity index (χ0) is 12.8. The molecule has 1 aromatic carbocycles. The molecule has 0 amide bonds. The fourth-order valence-corrected chi connectivity index (χ4v) is 2.00. The Morgan fingerprint density at radius 2 is 2.29 bits per heavy atom. The second kappa shape index (κ2) is 6.41. The van der Waals surface area contributed by atoms with Crippen molar-refractivity contribution in [3.63, 3.8) is 0 Å². The van der Waals surface area contributed by atoms with Crippen LogP contribution in [-0.4, -0.2) is 12.6 Å². The number of hydrogen-bond acceptors (Lipinski definition) is 3. The molecular weight excluding hydrogens is 282 g/mol. The normalized spacial score (nSPS) is 13.5. The third-order valence-corrected chi connectivity index (χ3v) is 3.05. The van der Waals surface area contributed by atoms with Crippen LogP contribution in [0.2, 0.25) is 0 Å². The second-order valence-electron chi connectivity index (χ2n) is 3.70. The van der Waals surface area contributed by atoms with Gasteiger partial charge in [0.15, 0.2) is 5.92 Å².